The van der Waals surface area contributed by atoms with Gasteiger partial charge in [-0.25, -0.2) is 13.1 Å². The normalized spacial score (nSPS) is 14.1. The maximum Gasteiger partial charge on any atom is 0.211 e. The molecule has 0 rings (SSSR count). The van der Waals surface area contributed by atoms with Gasteiger partial charge in [-0.2, -0.15) is 11.8 Å². The van der Waals surface area contributed by atoms with Crippen molar-refractivity contribution in [1.82, 2.24) is 10.0 Å². The number of thioether (sulfide) groups is 1. The van der Waals surface area contributed by atoms with Crippen molar-refractivity contribution in [2.24, 2.45) is 0 Å². The van der Waals surface area contributed by atoms with Gasteiger partial charge >= 0.3 is 0 Å². The van der Waals surface area contributed by atoms with Crippen LogP contribution in [0.5, 0.6) is 0 Å². The lowest BCUT2D eigenvalue weighted by Gasteiger charge is -2.14. The van der Waals surface area contributed by atoms with Crippen molar-refractivity contribution in [2.75, 3.05) is 23.8 Å². The third kappa shape index (κ3) is 11.3. The van der Waals surface area contributed by atoms with Crippen LogP contribution < -0.4 is 10.0 Å². The average molecular weight is 297 g/mol. The largest absolute Gasteiger partial charge is 0.314 e. The third-order valence-corrected chi connectivity index (χ3v) is 4.94. The molecule has 0 aromatic carbocycles. The fourth-order valence-corrected chi connectivity index (χ4v) is 3.66. The molecule has 0 fully saturated rings. The topological polar surface area (TPSA) is 58.2 Å². The number of sulfonamides is 1. The zero-order valence-corrected chi connectivity index (χ0v) is 13.7. The van der Waals surface area contributed by atoms with Gasteiger partial charge in [-0.1, -0.05) is 20.8 Å². The fraction of sp³-hybridized carbons (Fsp3) is 1.00. The minimum atomic E-state index is -3.12. The second-order valence-corrected chi connectivity index (χ2v) is 8.05. The van der Waals surface area contributed by atoms with E-state index in [-0.39, 0.29) is 11.8 Å². The highest BCUT2D eigenvalue weighted by Gasteiger charge is 2.13. The average Bonchev–Trinajstić information content (AvgIpc) is 2.24. The molecule has 0 aliphatic rings. The van der Waals surface area contributed by atoms with Crippen molar-refractivity contribution in [3.63, 3.8) is 0 Å². The minimum absolute atomic E-state index is 0.0344. The molecule has 1 unspecified atom stereocenters. The van der Waals surface area contributed by atoms with Gasteiger partial charge < -0.3 is 5.32 Å². The highest BCUT2D eigenvalue weighted by molar-refractivity contribution is 7.99. The first-order chi connectivity index (χ1) is 8.37. The molecule has 0 saturated heterocycles. The molecule has 0 aliphatic carbocycles. The van der Waals surface area contributed by atoms with Crippen molar-refractivity contribution < 1.29 is 8.42 Å². The first kappa shape index (κ1) is 18.2. The first-order valence-electron chi connectivity index (χ1n) is 6.68. The predicted octanol–water partition coefficient (Wildman–Crippen LogP) is 1.83. The molecule has 0 heterocycles. The third-order valence-electron chi connectivity index (χ3n) is 2.42. The van der Waals surface area contributed by atoms with Crippen molar-refractivity contribution in [2.45, 2.75) is 52.6 Å². The summed E-state index contributed by atoms with van der Waals surface area (Å²) in [6.45, 7) is 8.90. The van der Waals surface area contributed by atoms with Crippen LogP contribution in [-0.4, -0.2) is 44.3 Å². The molecule has 6 heteroatoms. The van der Waals surface area contributed by atoms with E-state index in [0.29, 0.717) is 12.5 Å². The van der Waals surface area contributed by atoms with Crippen molar-refractivity contribution in [3.05, 3.63) is 0 Å². The smallest absolute Gasteiger partial charge is 0.211 e. The van der Waals surface area contributed by atoms with Gasteiger partial charge in [0.05, 0.1) is 5.75 Å². The summed E-state index contributed by atoms with van der Waals surface area (Å²) in [4.78, 5) is 0. The number of rotatable bonds is 11. The second-order valence-electron chi connectivity index (χ2n) is 4.79. The molecule has 0 radical (unpaired) electrons. The maximum atomic E-state index is 11.8. The molecule has 0 bridgehead atoms. The van der Waals surface area contributed by atoms with Crippen molar-refractivity contribution in [3.8, 4) is 0 Å². The van der Waals surface area contributed by atoms with E-state index in [0.717, 1.165) is 24.5 Å². The quantitative estimate of drug-likeness (QED) is 0.571. The van der Waals surface area contributed by atoms with Gasteiger partial charge in [0, 0.05) is 12.1 Å². The van der Waals surface area contributed by atoms with Crippen LogP contribution in [0.1, 0.15) is 40.5 Å². The van der Waals surface area contributed by atoms with Gasteiger partial charge in [-0.15, -0.1) is 0 Å². The number of hydrogen-bond donors (Lipinski definition) is 2. The summed E-state index contributed by atoms with van der Waals surface area (Å²) < 4.78 is 26.3. The molecule has 2 N–H and O–H groups in total. The SMILES string of the molecule is CCSCCC(C)NS(=O)(=O)CCCNC(C)C. The molecular weight excluding hydrogens is 268 g/mol. The molecule has 1 atom stereocenters. The number of nitrogens with one attached hydrogen (secondary N) is 2. The fourth-order valence-electron chi connectivity index (χ4n) is 1.48. The Balaban J connectivity index is 3.78. The van der Waals surface area contributed by atoms with Crippen LogP contribution in [0.25, 0.3) is 0 Å². The van der Waals surface area contributed by atoms with Gasteiger partial charge in [0.15, 0.2) is 0 Å². The lowest BCUT2D eigenvalue weighted by Crippen LogP contribution is -2.36. The zero-order chi connectivity index (χ0) is 14.0. The molecular formula is C12H28N2O2S2. The van der Waals surface area contributed by atoms with Crippen LogP contribution in [0.2, 0.25) is 0 Å². The molecule has 4 nitrogen and oxygen atoms in total. The zero-order valence-electron chi connectivity index (χ0n) is 12.0. The Labute approximate surface area is 117 Å². The summed E-state index contributed by atoms with van der Waals surface area (Å²) in [5, 5.41) is 3.22. The van der Waals surface area contributed by atoms with Crippen LogP contribution in [0.4, 0.5) is 0 Å². The van der Waals surface area contributed by atoms with E-state index >= 15 is 0 Å². The minimum Gasteiger partial charge on any atom is -0.314 e. The second kappa shape index (κ2) is 10.1. The Morgan fingerprint density at radius 3 is 2.44 bits per heavy atom. The molecule has 0 saturated carbocycles. The summed E-state index contributed by atoms with van der Waals surface area (Å²) in [7, 11) is -3.12. The highest BCUT2D eigenvalue weighted by atomic mass is 32.2. The molecule has 0 aliphatic heterocycles. The van der Waals surface area contributed by atoms with E-state index in [1.807, 2.05) is 18.7 Å². The standard InChI is InChI=1S/C12H28N2O2S2/c1-5-17-9-7-12(4)14-18(15,16)10-6-8-13-11(2)3/h11-14H,5-10H2,1-4H3. The molecule has 0 aromatic heterocycles. The molecule has 18 heavy (non-hydrogen) atoms. The summed E-state index contributed by atoms with van der Waals surface area (Å²) in [6, 6.07) is 0.442. The van der Waals surface area contributed by atoms with E-state index < -0.39 is 10.0 Å². The lowest BCUT2D eigenvalue weighted by molar-refractivity contribution is 0.545. The Bertz CT molecular complexity index is 292. The molecule has 0 spiro atoms. The Hall–Kier alpha value is 0.220. The van der Waals surface area contributed by atoms with Crippen molar-refractivity contribution >= 4 is 21.8 Å². The molecule has 0 aromatic rings. The van der Waals surface area contributed by atoms with E-state index in [2.05, 4.69) is 30.8 Å². The van der Waals surface area contributed by atoms with E-state index in [1.165, 1.54) is 0 Å². The van der Waals surface area contributed by atoms with Crippen LogP contribution in [0, 0.1) is 0 Å². The monoisotopic (exact) mass is 296 g/mol. The Morgan fingerprint density at radius 1 is 1.22 bits per heavy atom. The van der Waals surface area contributed by atoms with Gasteiger partial charge in [0.25, 0.3) is 0 Å². The van der Waals surface area contributed by atoms with Gasteiger partial charge in [0.2, 0.25) is 10.0 Å². The van der Waals surface area contributed by atoms with Crippen LogP contribution in [0.15, 0.2) is 0 Å². The summed E-state index contributed by atoms with van der Waals surface area (Å²) >= 11 is 1.84. The van der Waals surface area contributed by atoms with Gasteiger partial charge in [-0.3, -0.25) is 0 Å². The van der Waals surface area contributed by atoms with Gasteiger partial charge in [0.1, 0.15) is 0 Å². The summed E-state index contributed by atoms with van der Waals surface area (Å²) in [6.07, 6.45) is 1.55. The summed E-state index contributed by atoms with van der Waals surface area (Å²) in [5.41, 5.74) is 0. The van der Waals surface area contributed by atoms with Gasteiger partial charge in [-0.05, 0) is 37.8 Å². The van der Waals surface area contributed by atoms with E-state index in [4.69, 9.17) is 0 Å². The molecule has 110 valence electrons. The molecule has 0 amide bonds. The van der Waals surface area contributed by atoms with Crippen molar-refractivity contribution in [1.29, 1.82) is 0 Å². The van der Waals surface area contributed by atoms with Crippen LogP contribution >= 0.6 is 11.8 Å². The Morgan fingerprint density at radius 2 is 1.89 bits per heavy atom. The number of hydrogen-bond acceptors (Lipinski definition) is 4. The Kier molecular flexibility index (Phi) is 10.2. The van der Waals surface area contributed by atoms with E-state index in [9.17, 15) is 8.42 Å². The lowest BCUT2D eigenvalue weighted by atomic mass is 10.3. The van der Waals surface area contributed by atoms with Crippen LogP contribution in [0.3, 0.4) is 0 Å². The summed E-state index contributed by atoms with van der Waals surface area (Å²) in [5.74, 6) is 2.30. The van der Waals surface area contributed by atoms with E-state index in [1.54, 1.807) is 0 Å². The predicted molar refractivity (Wildman–Crippen MR) is 81.8 cm³/mol. The maximum absolute atomic E-state index is 11.8. The first-order valence-corrected chi connectivity index (χ1v) is 9.49. The highest BCUT2D eigenvalue weighted by Crippen LogP contribution is 2.05. The van der Waals surface area contributed by atoms with Crippen LogP contribution in [-0.2, 0) is 10.0 Å².